The Labute approximate surface area is 86.1 Å². The lowest BCUT2D eigenvalue weighted by atomic mass is 9.93. The van der Waals surface area contributed by atoms with Crippen molar-refractivity contribution < 1.29 is 4.79 Å². The Morgan fingerprint density at radius 3 is 2.36 bits per heavy atom. The molecule has 0 spiro atoms. The maximum absolute atomic E-state index is 10.6. The van der Waals surface area contributed by atoms with E-state index < -0.39 is 0 Å². The lowest BCUT2D eigenvalue weighted by Crippen LogP contribution is -2.16. The van der Waals surface area contributed by atoms with E-state index in [1.165, 1.54) is 30.5 Å². The minimum Gasteiger partial charge on any atom is -0.296 e. The molecule has 0 N–H and O–H groups in total. The van der Waals surface area contributed by atoms with Crippen LogP contribution in [0, 0.1) is 0 Å². The maximum atomic E-state index is 10.6. The topological polar surface area (TPSA) is 29.4 Å². The minimum absolute atomic E-state index is 0.699. The van der Waals surface area contributed by atoms with Gasteiger partial charge in [0.05, 0.1) is 0 Å². The van der Waals surface area contributed by atoms with Crippen molar-refractivity contribution in [1.82, 2.24) is 0 Å². The van der Waals surface area contributed by atoms with E-state index in [0.717, 1.165) is 25.5 Å². The molecular weight excluding hydrogens is 174 g/mol. The number of aliphatic imine (C=N–C) groups is 1. The van der Waals surface area contributed by atoms with Crippen molar-refractivity contribution in [3.05, 3.63) is 11.3 Å². The molecule has 0 bridgehead atoms. The van der Waals surface area contributed by atoms with E-state index in [1.807, 2.05) is 0 Å². The number of rotatable bonds is 7. The summed E-state index contributed by atoms with van der Waals surface area (Å²) in [5.41, 5.74) is 3.11. The van der Waals surface area contributed by atoms with Crippen LogP contribution in [0.5, 0.6) is 0 Å². The third-order valence-electron chi connectivity index (χ3n) is 2.57. The summed E-state index contributed by atoms with van der Waals surface area (Å²) in [4.78, 5) is 14.9. The number of aldehydes is 1. The second kappa shape index (κ2) is 5.74. The van der Waals surface area contributed by atoms with Crippen LogP contribution in [0.4, 0.5) is 0 Å². The normalized spacial score (nSPS) is 15.1. The molecule has 0 atom stereocenters. The summed E-state index contributed by atoms with van der Waals surface area (Å²) in [5, 5.41) is 0. The molecular formula is C12H19NO. The molecule has 0 unspecified atom stereocenters. The zero-order valence-electron chi connectivity index (χ0n) is 9.18. The van der Waals surface area contributed by atoms with Crippen LogP contribution in [0.25, 0.3) is 0 Å². The fourth-order valence-corrected chi connectivity index (χ4v) is 1.65. The summed E-state index contributed by atoms with van der Waals surface area (Å²) in [6, 6.07) is 0. The van der Waals surface area contributed by atoms with Gasteiger partial charge in [0.25, 0.3) is 0 Å². The molecule has 1 rings (SSSR count). The smallest absolute Gasteiger partial charge is 0.168 e. The van der Waals surface area contributed by atoms with Gasteiger partial charge in [0.2, 0.25) is 0 Å². The summed E-state index contributed by atoms with van der Waals surface area (Å²) >= 11 is 0. The molecule has 0 saturated heterocycles. The lowest BCUT2D eigenvalue weighted by molar-refractivity contribution is -0.105. The van der Waals surface area contributed by atoms with Crippen LogP contribution in [-0.4, -0.2) is 12.0 Å². The fraction of sp³-hybridized carbons (Fsp3) is 0.667. The van der Waals surface area contributed by atoms with Crippen LogP contribution in [0.1, 0.15) is 52.4 Å². The second-order valence-electron chi connectivity index (χ2n) is 3.75. The number of unbranched alkanes of at least 4 members (excludes halogenated alkanes) is 2. The minimum atomic E-state index is 0.699. The van der Waals surface area contributed by atoms with Gasteiger partial charge in [-0.25, -0.2) is 4.99 Å². The average molecular weight is 193 g/mol. The summed E-state index contributed by atoms with van der Waals surface area (Å²) in [5.74, 6) is 0. The van der Waals surface area contributed by atoms with Gasteiger partial charge in [-0.2, -0.15) is 0 Å². The Hall–Kier alpha value is -0.920. The first-order valence-electron chi connectivity index (χ1n) is 5.59. The van der Waals surface area contributed by atoms with Crippen LogP contribution in [0.15, 0.2) is 16.3 Å². The molecule has 1 aliphatic heterocycles. The largest absolute Gasteiger partial charge is 0.296 e. The van der Waals surface area contributed by atoms with Crippen LogP contribution >= 0.6 is 0 Å². The highest BCUT2D eigenvalue weighted by Gasteiger charge is 2.20. The average Bonchev–Trinajstić information content (AvgIpc) is 2.17. The highest BCUT2D eigenvalue weighted by Crippen LogP contribution is 2.26. The Kier molecular flexibility index (Phi) is 4.57. The quantitative estimate of drug-likeness (QED) is 0.570. The van der Waals surface area contributed by atoms with Crippen molar-refractivity contribution in [2.45, 2.75) is 52.4 Å². The number of hydrogen-bond donors (Lipinski definition) is 0. The molecule has 2 nitrogen and oxygen atoms in total. The monoisotopic (exact) mass is 193 g/mol. The number of nitrogens with zero attached hydrogens (tertiary/aromatic N) is 1. The van der Waals surface area contributed by atoms with E-state index >= 15 is 0 Å². The van der Waals surface area contributed by atoms with E-state index in [4.69, 9.17) is 0 Å². The summed E-state index contributed by atoms with van der Waals surface area (Å²) in [6.07, 6.45) is 7.69. The Bertz CT molecular complexity index is 263. The second-order valence-corrected chi connectivity index (χ2v) is 3.75. The van der Waals surface area contributed by atoms with E-state index in [2.05, 4.69) is 18.8 Å². The van der Waals surface area contributed by atoms with Crippen molar-refractivity contribution in [1.29, 1.82) is 0 Å². The van der Waals surface area contributed by atoms with E-state index in [-0.39, 0.29) is 0 Å². The molecule has 78 valence electrons. The predicted octanol–water partition coefficient (Wildman–Crippen LogP) is 3.27. The summed E-state index contributed by atoms with van der Waals surface area (Å²) in [6.45, 7) is 4.35. The lowest BCUT2D eigenvalue weighted by Gasteiger charge is -2.19. The van der Waals surface area contributed by atoms with Crippen molar-refractivity contribution in [2.24, 2.45) is 4.99 Å². The molecule has 1 aliphatic rings. The third-order valence-corrected chi connectivity index (χ3v) is 2.57. The van der Waals surface area contributed by atoms with Crippen molar-refractivity contribution >= 4 is 12.0 Å². The van der Waals surface area contributed by atoms with Crippen LogP contribution < -0.4 is 0 Å². The van der Waals surface area contributed by atoms with Gasteiger partial charge in [-0.3, -0.25) is 4.79 Å². The van der Waals surface area contributed by atoms with Crippen molar-refractivity contribution in [3.8, 4) is 0 Å². The number of hydrogen-bond acceptors (Lipinski definition) is 2. The Balaban J connectivity index is 2.44. The Morgan fingerprint density at radius 1 is 1.14 bits per heavy atom. The molecule has 0 aromatic heterocycles. The van der Waals surface area contributed by atoms with Gasteiger partial charge in [0.15, 0.2) is 6.29 Å². The Morgan fingerprint density at radius 2 is 1.79 bits per heavy atom. The van der Waals surface area contributed by atoms with Crippen molar-refractivity contribution in [3.63, 3.8) is 0 Å². The molecule has 0 aliphatic carbocycles. The van der Waals surface area contributed by atoms with Crippen LogP contribution in [0.3, 0.4) is 0 Å². The molecule has 0 aromatic rings. The number of allylic oxidation sites excluding steroid dienone is 2. The molecule has 14 heavy (non-hydrogen) atoms. The first-order chi connectivity index (χ1) is 6.83. The molecule has 0 radical (unpaired) electrons. The first kappa shape index (κ1) is 11.2. The van der Waals surface area contributed by atoms with E-state index in [9.17, 15) is 4.79 Å². The molecule has 0 amide bonds. The van der Waals surface area contributed by atoms with E-state index in [1.54, 1.807) is 0 Å². The zero-order chi connectivity index (χ0) is 10.4. The number of carbonyl (C=O) groups excluding carboxylic acids is 1. The van der Waals surface area contributed by atoms with Gasteiger partial charge >= 0.3 is 0 Å². The molecule has 0 aromatic carbocycles. The van der Waals surface area contributed by atoms with Crippen LogP contribution in [0.2, 0.25) is 0 Å². The first-order valence-corrected chi connectivity index (χ1v) is 5.59. The molecule has 0 fully saturated rings. The van der Waals surface area contributed by atoms with Gasteiger partial charge in [0, 0.05) is 11.3 Å². The molecule has 1 heterocycles. The summed E-state index contributed by atoms with van der Waals surface area (Å²) < 4.78 is 0. The zero-order valence-corrected chi connectivity index (χ0v) is 9.18. The fourth-order valence-electron chi connectivity index (χ4n) is 1.65. The van der Waals surface area contributed by atoms with Gasteiger partial charge in [-0.1, -0.05) is 26.7 Å². The standard InChI is InChI=1S/C12H19NO/c1-3-5-7-10-11(8-6-4-2)13-12(10)9-14/h9H,3-8H2,1-2H3. The maximum Gasteiger partial charge on any atom is 0.168 e. The predicted molar refractivity (Wildman–Crippen MR) is 59.6 cm³/mol. The molecule has 2 heteroatoms. The van der Waals surface area contributed by atoms with Gasteiger partial charge in [-0.05, 0) is 25.7 Å². The SMILES string of the molecule is CCCCC1=NC(C=O)=C1CCCC. The van der Waals surface area contributed by atoms with Gasteiger partial charge < -0.3 is 0 Å². The van der Waals surface area contributed by atoms with Gasteiger partial charge in [-0.15, -0.1) is 0 Å². The number of carbonyl (C=O) groups is 1. The highest BCUT2D eigenvalue weighted by molar-refractivity contribution is 6.11. The summed E-state index contributed by atoms with van der Waals surface area (Å²) in [7, 11) is 0. The highest BCUT2D eigenvalue weighted by atomic mass is 16.1. The molecule has 0 saturated carbocycles. The van der Waals surface area contributed by atoms with Crippen molar-refractivity contribution in [2.75, 3.05) is 0 Å². The third kappa shape index (κ3) is 2.53. The van der Waals surface area contributed by atoms with Crippen LogP contribution in [-0.2, 0) is 4.79 Å². The van der Waals surface area contributed by atoms with Gasteiger partial charge in [0.1, 0.15) is 5.70 Å². The van der Waals surface area contributed by atoms with E-state index in [0.29, 0.717) is 5.70 Å².